The average Bonchev–Trinajstić information content (AvgIpc) is 2.28. The maximum atomic E-state index is 9.23. The van der Waals surface area contributed by atoms with Gasteiger partial charge in [0.1, 0.15) is 0 Å². The summed E-state index contributed by atoms with van der Waals surface area (Å²) in [5.74, 6) is 0. The Balaban J connectivity index is 2.17. The van der Waals surface area contributed by atoms with Crippen LogP contribution >= 0.6 is 0 Å². The fourth-order valence-electron chi connectivity index (χ4n) is 2.24. The van der Waals surface area contributed by atoms with E-state index >= 15 is 0 Å². The van der Waals surface area contributed by atoms with Gasteiger partial charge in [-0.3, -0.25) is 0 Å². The molecule has 0 radical (unpaired) electrons. The predicted molar refractivity (Wildman–Crippen MR) is 67.9 cm³/mol. The van der Waals surface area contributed by atoms with E-state index < -0.39 is 0 Å². The van der Waals surface area contributed by atoms with Crippen molar-refractivity contribution >= 4 is 5.69 Å². The van der Waals surface area contributed by atoms with Gasteiger partial charge in [0.2, 0.25) is 0 Å². The normalized spacial score (nSPS) is 15.7. The van der Waals surface area contributed by atoms with E-state index in [1.165, 1.54) is 36.8 Å². The molecule has 0 saturated carbocycles. The van der Waals surface area contributed by atoms with Gasteiger partial charge in [-0.25, -0.2) is 0 Å². The van der Waals surface area contributed by atoms with Crippen molar-refractivity contribution in [3.8, 4) is 0 Å². The standard InChI is InChI=1S/C14H21NO/c1-14(2,10-16)15-13-8-7-11-5-3-4-6-12(11)9-13/h7-9,15-16H,3-6,10H2,1-2H3. The zero-order chi connectivity index (χ0) is 11.6. The molecule has 0 aromatic heterocycles. The lowest BCUT2D eigenvalue weighted by molar-refractivity contribution is 0.234. The Hall–Kier alpha value is -1.02. The van der Waals surface area contributed by atoms with Gasteiger partial charge in [-0.05, 0) is 62.8 Å². The van der Waals surface area contributed by atoms with E-state index in [0.717, 1.165) is 5.69 Å². The molecule has 0 saturated heterocycles. The van der Waals surface area contributed by atoms with E-state index in [-0.39, 0.29) is 12.1 Å². The Morgan fingerprint density at radius 3 is 2.56 bits per heavy atom. The molecule has 88 valence electrons. The molecule has 0 fully saturated rings. The van der Waals surface area contributed by atoms with E-state index in [9.17, 15) is 5.11 Å². The molecule has 0 heterocycles. The SMILES string of the molecule is CC(C)(CO)Nc1ccc2c(c1)CCCC2. The summed E-state index contributed by atoms with van der Waals surface area (Å²) in [5, 5.41) is 12.6. The summed E-state index contributed by atoms with van der Waals surface area (Å²) in [6, 6.07) is 6.59. The quantitative estimate of drug-likeness (QED) is 0.819. The first-order chi connectivity index (χ1) is 7.61. The molecule has 1 aliphatic carbocycles. The molecule has 1 aromatic rings. The highest BCUT2D eigenvalue weighted by Crippen LogP contribution is 2.25. The maximum absolute atomic E-state index is 9.23. The van der Waals surface area contributed by atoms with Crippen LogP contribution in [0.3, 0.4) is 0 Å². The second-order valence-corrected chi connectivity index (χ2v) is 5.36. The second-order valence-electron chi connectivity index (χ2n) is 5.36. The first-order valence-electron chi connectivity index (χ1n) is 6.11. The number of nitrogens with one attached hydrogen (secondary N) is 1. The lowest BCUT2D eigenvalue weighted by atomic mass is 9.91. The third-order valence-corrected chi connectivity index (χ3v) is 3.23. The van der Waals surface area contributed by atoms with Gasteiger partial charge in [0, 0.05) is 5.69 Å². The lowest BCUT2D eigenvalue weighted by Gasteiger charge is -2.26. The molecule has 0 unspecified atom stereocenters. The summed E-state index contributed by atoms with van der Waals surface area (Å²) < 4.78 is 0. The van der Waals surface area contributed by atoms with Gasteiger partial charge in [0.25, 0.3) is 0 Å². The third kappa shape index (κ3) is 2.56. The number of rotatable bonds is 3. The van der Waals surface area contributed by atoms with Crippen molar-refractivity contribution in [2.45, 2.75) is 45.1 Å². The highest BCUT2D eigenvalue weighted by atomic mass is 16.3. The van der Waals surface area contributed by atoms with E-state index in [1.807, 2.05) is 13.8 Å². The van der Waals surface area contributed by atoms with E-state index in [1.54, 1.807) is 0 Å². The molecule has 0 bridgehead atoms. The minimum Gasteiger partial charge on any atom is -0.394 e. The Morgan fingerprint density at radius 1 is 1.19 bits per heavy atom. The van der Waals surface area contributed by atoms with Gasteiger partial charge >= 0.3 is 0 Å². The molecule has 0 spiro atoms. The lowest BCUT2D eigenvalue weighted by Crippen LogP contribution is -2.34. The molecule has 1 aliphatic rings. The summed E-state index contributed by atoms with van der Waals surface area (Å²) in [6.45, 7) is 4.16. The molecule has 2 N–H and O–H groups in total. The van der Waals surface area contributed by atoms with Crippen LogP contribution in [0.15, 0.2) is 18.2 Å². The van der Waals surface area contributed by atoms with Crippen molar-refractivity contribution in [3.05, 3.63) is 29.3 Å². The van der Waals surface area contributed by atoms with Gasteiger partial charge in [-0.1, -0.05) is 6.07 Å². The molecule has 0 aliphatic heterocycles. The number of aryl methyl sites for hydroxylation is 2. The first-order valence-corrected chi connectivity index (χ1v) is 6.11. The van der Waals surface area contributed by atoms with Crippen molar-refractivity contribution in [2.24, 2.45) is 0 Å². The number of aliphatic hydroxyl groups excluding tert-OH is 1. The number of fused-ring (bicyclic) bond motifs is 1. The Kier molecular flexibility index (Phi) is 3.20. The molecule has 1 aromatic carbocycles. The number of aliphatic hydroxyl groups is 1. The van der Waals surface area contributed by atoms with Crippen LogP contribution in [0, 0.1) is 0 Å². The summed E-state index contributed by atoms with van der Waals surface area (Å²) in [6.07, 6.45) is 5.05. The zero-order valence-corrected chi connectivity index (χ0v) is 10.2. The van der Waals surface area contributed by atoms with Crippen molar-refractivity contribution in [3.63, 3.8) is 0 Å². The molecule has 16 heavy (non-hydrogen) atoms. The Morgan fingerprint density at radius 2 is 1.88 bits per heavy atom. The molecular formula is C14H21NO. The topological polar surface area (TPSA) is 32.3 Å². The Bertz CT molecular complexity index is 371. The minimum absolute atomic E-state index is 0.143. The van der Waals surface area contributed by atoms with Crippen molar-refractivity contribution in [2.75, 3.05) is 11.9 Å². The first kappa shape index (κ1) is 11.5. The van der Waals surface area contributed by atoms with E-state index in [4.69, 9.17) is 0 Å². The van der Waals surface area contributed by atoms with E-state index in [2.05, 4.69) is 23.5 Å². The van der Waals surface area contributed by atoms with E-state index in [0.29, 0.717) is 0 Å². The Labute approximate surface area is 97.7 Å². The van der Waals surface area contributed by atoms with Gasteiger partial charge < -0.3 is 10.4 Å². The molecule has 2 heteroatoms. The minimum atomic E-state index is -0.247. The van der Waals surface area contributed by atoms with Crippen molar-refractivity contribution < 1.29 is 5.11 Å². The molecule has 2 nitrogen and oxygen atoms in total. The van der Waals surface area contributed by atoms with Gasteiger partial charge in [-0.2, -0.15) is 0 Å². The summed E-state index contributed by atoms with van der Waals surface area (Å²) in [5.41, 5.74) is 3.85. The molecular weight excluding hydrogens is 198 g/mol. The monoisotopic (exact) mass is 219 g/mol. The van der Waals surface area contributed by atoms with Crippen LogP contribution in [0.2, 0.25) is 0 Å². The van der Waals surface area contributed by atoms with Crippen LogP contribution in [0.4, 0.5) is 5.69 Å². The highest BCUT2D eigenvalue weighted by molar-refractivity contribution is 5.50. The van der Waals surface area contributed by atoms with Crippen LogP contribution in [0.1, 0.15) is 37.8 Å². The van der Waals surface area contributed by atoms with Crippen LogP contribution in [-0.2, 0) is 12.8 Å². The third-order valence-electron chi connectivity index (χ3n) is 3.23. The summed E-state index contributed by atoms with van der Waals surface area (Å²) in [7, 11) is 0. The molecule has 0 atom stereocenters. The number of benzene rings is 1. The summed E-state index contributed by atoms with van der Waals surface area (Å²) in [4.78, 5) is 0. The predicted octanol–water partition coefficient (Wildman–Crippen LogP) is 2.75. The van der Waals surface area contributed by atoms with Crippen LogP contribution < -0.4 is 5.32 Å². The van der Waals surface area contributed by atoms with Crippen molar-refractivity contribution in [1.29, 1.82) is 0 Å². The number of hydrogen-bond donors (Lipinski definition) is 2. The summed E-state index contributed by atoms with van der Waals surface area (Å²) >= 11 is 0. The number of hydrogen-bond acceptors (Lipinski definition) is 2. The zero-order valence-electron chi connectivity index (χ0n) is 10.2. The fraction of sp³-hybridized carbons (Fsp3) is 0.571. The smallest absolute Gasteiger partial charge is 0.0656 e. The van der Waals surface area contributed by atoms with Crippen LogP contribution in [0.5, 0.6) is 0 Å². The molecule has 0 amide bonds. The average molecular weight is 219 g/mol. The second kappa shape index (κ2) is 4.46. The largest absolute Gasteiger partial charge is 0.394 e. The number of anilines is 1. The highest BCUT2D eigenvalue weighted by Gasteiger charge is 2.16. The van der Waals surface area contributed by atoms with Gasteiger partial charge in [-0.15, -0.1) is 0 Å². The fourth-order valence-corrected chi connectivity index (χ4v) is 2.24. The van der Waals surface area contributed by atoms with Crippen LogP contribution in [-0.4, -0.2) is 17.3 Å². The maximum Gasteiger partial charge on any atom is 0.0656 e. The van der Waals surface area contributed by atoms with Crippen LogP contribution in [0.25, 0.3) is 0 Å². The van der Waals surface area contributed by atoms with Gasteiger partial charge in [0.15, 0.2) is 0 Å². The molecule has 2 rings (SSSR count). The van der Waals surface area contributed by atoms with Gasteiger partial charge in [0.05, 0.1) is 12.1 Å². The van der Waals surface area contributed by atoms with Crippen molar-refractivity contribution in [1.82, 2.24) is 0 Å².